The van der Waals surface area contributed by atoms with Crippen molar-refractivity contribution in [3.05, 3.63) is 47.7 Å². The fourth-order valence-electron chi connectivity index (χ4n) is 3.82. The second-order valence-electron chi connectivity index (χ2n) is 7.34. The van der Waals surface area contributed by atoms with Crippen LogP contribution in [0.5, 0.6) is 0 Å². The van der Waals surface area contributed by atoms with Crippen LogP contribution in [0.25, 0.3) is 0 Å². The summed E-state index contributed by atoms with van der Waals surface area (Å²) in [5.74, 6) is 0.842. The summed E-state index contributed by atoms with van der Waals surface area (Å²) >= 11 is 0. The normalized spacial score (nSPS) is 20.5. The molecule has 4 rings (SSSR count). The zero-order valence-electron chi connectivity index (χ0n) is 16.0. The highest BCUT2D eigenvalue weighted by atomic mass is 19.1. The van der Waals surface area contributed by atoms with Gasteiger partial charge >= 0.3 is 0 Å². The van der Waals surface area contributed by atoms with Crippen molar-refractivity contribution in [2.45, 2.75) is 19.0 Å². The van der Waals surface area contributed by atoms with E-state index in [1.165, 1.54) is 12.1 Å². The molecule has 150 valence electrons. The molecule has 2 aromatic rings. The number of hydrogen-bond donors (Lipinski definition) is 0. The zero-order valence-corrected chi connectivity index (χ0v) is 16.0. The van der Waals surface area contributed by atoms with Crippen LogP contribution in [0.15, 0.2) is 30.5 Å². The topological polar surface area (TPSA) is 44.7 Å². The van der Waals surface area contributed by atoms with Gasteiger partial charge in [-0.2, -0.15) is 4.98 Å². The van der Waals surface area contributed by atoms with E-state index in [0.29, 0.717) is 25.3 Å². The lowest BCUT2D eigenvalue weighted by atomic mass is 10.2. The number of likely N-dealkylation sites (tertiary alicyclic amines) is 1. The number of rotatable bonds is 5. The van der Waals surface area contributed by atoms with Gasteiger partial charge < -0.3 is 14.5 Å². The first-order valence-corrected chi connectivity index (χ1v) is 9.65. The van der Waals surface area contributed by atoms with Crippen LogP contribution in [0.1, 0.15) is 12.0 Å². The maximum Gasteiger partial charge on any atom is 0.227 e. The number of hydrogen-bond acceptors (Lipinski definition) is 6. The molecule has 6 nitrogen and oxygen atoms in total. The molecule has 2 aliphatic rings. The van der Waals surface area contributed by atoms with E-state index in [-0.39, 0.29) is 11.9 Å². The molecule has 0 aliphatic carbocycles. The Balaban J connectivity index is 1.40. The summed E-state index contributed by atoms with van der Waals surface area (Å²) in [6, 6.07) is 5.81. The first kappa shape index (κ1) is 19.0. The van der Waals surface area contributed by atoms with Crippen molar-refractivity contribution in [1.29, 1.82) is 0 Å². The van der Waals surface area contributed by atoms with Crippen LogP contribution in [-0.4, -0.2) is 67.4 Å². The molecule has 1 aromatic carbocycles. The van der Waals surface area contributed by atoms with Gasteiger partial charge in [0, 0.05) is 57.6 Å². The van der Waals surface area contributed by atoms with Gasteiger partial charge in [-0.3, -0.25) is 4.90 Å². The molecular weight excluding hydrogens is 364 g/mol. The number of aromatic nitrogens is 2. The van der Waals surface area contributed by atoms with E-state index in [1.54, 1.807) is 6.20 Å². The molecule has 0 radical (unpaired) electrons. The van der Waals surface area contributed by atoms with E-state index in [1.807, 2.05) is 13.1 Å². The average Bonchev–Trinajstić information content (AvgIpc) is 3.19. The van der Waals surface area contributed by atoms with Crippen molar-refractivity contribution in [2.24, 2.45) is 0 Å². The molecule has 8 heteroatoms. The molecular formula is C20H25F2N5O. The van der Waals surface area contributed by atoms with Crippen molar-refractivity contribution >= 4 is 11.8 Å². The Labute approximate surface area is 163 Å². The van der Waals surface area contributed by atoms with Crippen molar-refractivity contribution < 1.29 is 13.5 Å². The second-order valence-corrected chi connectivity index (χ2v) is 7.34. The number of nitrogens with zero attached hydrogens (tertiary/aromatic N) is 5. The molecule has 2 aliphatic heterocycles. The van der Waals surface area contributed by atoms with E-state index in [4.69, 9.17) is 9.72 Å². The molecule has 1 atom stereocenters. The molecule has 0 N–H and O–H groups in total. The van der Waals surface area contributed by atoms with Crippen LogP contribution >= 0.6 is 0 Å². The van der Waals surface area contributed by atoms with E-state index >= 15 is 0 Å². The highest BCUT2D eigenvalue weighted by Crippen LogP contribution is 2.23. The van der Waals surface area contributed by atoms with E-state index in [9.17, 15) is 8.78 Å². The Bertz CT molecular complexity index is 815. The largest absolute Gasteiger partial charge is 0.378 e. The molecule has 0 spiro atoms. The number of benzene rings is 1. The van der Waals surface area contributed by atoms with Crippen LogP contribution in [0.3, 0.4) is 0 Å². The first-order chi connectivity index (χ1) is 13.6. The fourth-order valence-corrected chi connectivity index (χ4v) is 3.82. The third-order valence-corrected chi connectivity index (χ3v) is 5.48. The Kier molecular flexibility index (Phi) is 5.68. The van der Waals surface area contributed by atoms with Crippen LogP contribution in [0.2, 0.25) is 0 Å². The third-order valence-electron chi connectivity index (χ3n) is 5.48. The molecule has 3 heterocycles. The summed E-state index contributed by atoms with van der Waals surface area (Å²) in [5, 5.41) is 0. The fraction of sp³-hybridized carbons (Fsp3) is 0.500. The number of halogens is 2. The summed E-state index contributed by atoms with van der Waals surface area (Å²) in [5.41, 5.74) is 0.403. The molecule has 0 bridgehead atoms. The molecule has 1 unspecified atom stereocenters. The van der Waals surface area contributed by atoms with Crippen LogP contribution < -0.4 is 9.80 Å². The summed E-state index contributed by atoms with van der Waals surface area (Å²) < 4.78 is 32.7. The Hall–Kier alpha value is -2.32. The molecule has 2 fully saturated rings. The molecule has 2 saturated heterocycles. The second kappa shape index (κ2) is 8.36. The molecule has 28 heavy (non-hydrogen) atoms. The first-order valence-electron chi connectivity index (χ1n) is 9.65. The lowest BCUT2D eigenvalue weighted by Gasteiger charge is -2.29. The predicted octanol–water partition coefficient (Wildman–Crippen LogP) is 2.30. The van der Waals surface area contributed by atoms with Crippen LogP contribution in [0, 0.1) is 11.6 Å². The van der Waals surface area contributed by atoms with E-state index in [0.717, 1.165) is 50.4 Å². The Morgan fingerprint density at radius 3 is 2.82 bits per heavy atom. The van der Waals surface area contributed by atoms with Crippen molar-refractivity contribution in [3.63, 3.8) is 0 Å². The predicted molar refractivity (Wildman–Crippen MR) is 104 cm³/mol. The summed E-state index contributed by atoms with van der Waals surface area (Å²) in [4.78, 5) is 15.6. The van der Waals surface area contributed by atoms with Gasteiger partial charge in [-0.05, 0) is 30.7 Å². The quantitative estimate of drug-likeness (QED) is 0.782. The van der Waals surface area contributed by atoms with Gasteiger partial charge in [0.25, 0.3) is 0 Å². The smallest absolute Gasteiger partial charge is 0.227 e. The van der Waals surface area contributed by atoms with E-state index in [2.05, 4.69) is 19.7 Å². The Morgan fingerprint density at radius 2 is 2.00 bits per heavy atom. The number of ether oxygens (including phenoxy) is 1. The summed E-state index contributed by atoms with van der Waals surface area (Å²) in [7, 11) is 2.03. The maximum absolute atomic E-state index is 13.9. The van der Waals surface area contributed by atoms with Crippen molar-refractivity contribution in [3.8, 4) is 0 Å². The molecule has 0 amide bonds. The van der Waals surface area contributed by atoms with Gasteiger partial charge in [0.2, 0.25) is 5.95 Å². The maximum atomic E-state index is 13.9. The van der Waals surface area contributed by atoms with Gasteiger partial charge in [-0.15, -0.1) is 0 Å². The number of likely N-dealkylation sites (N-methyl/N-ethyl adjacent to an activating group) is 1. The monoisotopic (exact) mass is 389 g/mol. The molecule has 0 saturated carbocycles. The highest BCUT2D eigenvalue weighted by molar-refractivity contribution is 5.44. The average molecular weight is 389 g/mol. The standard InChI is InChI=1S/C20H25F2N5O/c1-25(19-4-6-23-20(24-19)27-8-10-28-11-9-27)17-5-7-26(14-17)13-15-12-16(21)2-3-18(15)22/h2-4,6,12,17H,5,7-11,13-14H2,1H3. The minimum atomic E-state index is -0.402. The zero-order chi connectivity index (χ0) is 19.5. The Morgan fingerprint density at radius 1 is 1.18 bits per heavy atom. The lowest BCUT2D eigenvalue weighted by Crippen LogP contribution is -2.38. The third kappa shape index (κ3) is 4.23. The minimum absolute atomic E-state index is 0.268. The van der Waals surface area contributed by atoms with E-state index < -0.39 is 5.82 Å². The van der Waals surface area contributed by atoms with Crippen molar-refractivity contribution in [2.75, 3.05) is 56.2 Å². The SMILES string of the molecule is CN(c1ccnc(N2CCOCC2)n1)C1CCN(Cc2cc(F)ccc2F)C1. The molecule has 1 aromatic heterocycles. The lowest BCUT2D eigenvalue weighted by molar-refractivity contribution is 0.122. The number of morpholine rings is 1. The highest BCUT2D eigenvalue weighted by Gasteiger charge is 2.27. The van der Waals surface area contributed by atoms with Gasteiger partial charge in [-0.1, -0.05) is 0 Å². The van der Waals surface area contributed by atoms with Gasteiger partial charge in [0.15, 0.2) is 0 Å². The number of anilines is 2. The van der Waals surface area contributed by atoms with Crippen LogP contribution in [0.4, 0.5) is 20.5 Å². The van der Waals surface area contributed by atoms with Crippen LogP contribution in [-0.2, 0) is 11.3 Å². The van der Waals surface area contributed by atoms with Gasteiger partial charge in [0.1, 0.15) is 17.5 Å². The van der Waals surface area contributed by atoms with Gasteiger partial charge in [-0.25, -0.2) is 13.8 Å². The summed E-state index contributed by atoms with van der Waals surface area (Å²) in [6.07, 6.45) is 2.74. The van der Waals surface area contributed by atoms with Gasteiger partial charge in [0.05, 0.1) is 13.2 Å². The summed E-state index contributed by atoms with van der Waals surface area (Å²) in [6.45, 7) is 5.01. The van der Waals surface area contributed by atoms with Crippen molar-refractivity contribution in [1.82, 2.24) is 14.9 Å². The minimum Gasteiger partial charge on any atom is -0.378 e.